The Morgan fingerprint density at radius 1 is 0.650 bits per heavy atom. The molecule has 6 heteroatoms. The number of hydrogen-bond donors (Lipinski definition) is 2. The predicted molar refractivity (Wildman–Crippen MR) is 163 cm³/mol. The highest BCUT2D eigenvalue weighted by molar-refractivity contribution is 7.19. The van der Waals surface area contributed by atoms with E-state index in [0.717, 1.165) is 32.8 Å². The molecule has 1 atom stereocenters. The Labute approximate surface area is 238 Å². The molecule has 4 aromatic carbocycles. The van der Waals surface area contributed by atoms with Crippen LogP contribution in [0.15, 0.2) is 121 Å². The fourth-order valence-corrected chi connectivity index (χ4v) is 5.69. The summed E-state index contributed by atoms with van der Waals surface area (Å²) in [5, 5.41) is 6.54. The van der Waals surface area contributed by atoms with Crippen LogP contribution in [0, 0.1) is 5.92 Å². The molecule has 0 bridgehead atoms. The first kappa shape index (κ1) is 27.0. The molecule has 0 aliphatic heterocycles. The van der Waals surface area contributed by atoms with Crippen molar-refractivity contribution >= 4 is 28.3 Å². The summed E-state index contributed by atoms with van der Waals surface area (Å²) in [6.45, 7) is 3.86. The zero-order valence-corrected chi connectivity index (χ0v) is 23.3. The van der Waals surface area contributed by atoms with Crippen LogP contribution < -0.4 is 10.6 Å². The number of carbonyl (C=O) groups is 2. The smallest absolute Gasteiger partial charge is 0.248 e. The van der Waals surface area contributed by atoms with E-state index in [1.165, 1.54) is 11.3 Å². The first-order valence-corrected chi connectivity index (χ1v) is 14.2. The molecule has 2 N–H and O–H groups in total. The molecule has 0 unspecified atom stereocenters. The van der Waals surface area contributed by atoms with E-state index in [1.54, 1.807) is 0 Å². The molecule has 0 fully saturated rings. The van der Waals surface area contributed by atoms with Gasteiger partial charge < -0.3 is 10.6 Å². The molecule has 200 valence electrons. The fourth-order valence-electron chi connectivity index (χ4n) is 4.69. The number of benzene rings is 4. The second-order valence-corrected chi connectivity index (χ2v) is 10.9. The second-order valence-electron chi connectivity index (χ2n) is 9.90. The van der Waals surface area contributed by atoms with E-state index < -0.39 is 12.0 Å². The molecule has 0 aliphatic rings. The fraction of sp³-hybridized carbons (Fsp3) is 0.147. The van der Waals surface area contributed by atoms with Gasteiger partial charge in [0.25, 0.3) is 0 Å². The number of nitrogens with zero attached hydrogens (tertiary/aromatic N) is 1. The maximum absolute atomic E-state index is 13.7. The SMILES string of the molecule is CC(C)[C@@H](NC(=O)C(c1ccccc1)c1ccccc1)C(=O)Nc1nc(-c2ccccc2)c(-c2ccccc2)s1. The molecule has 5 aromatic rings. The number of nitrogens with one attached hydrogen (secondary N) is 2. The topological polar surface area (TPSA) is 71.1 Å². The number of thiazole rings is 1. The van der Waals surface area contributed by atoms with Crippen LogP contribution in [0.25, 0.3) is 21.7 Å². The lowest BCUT2D eigenvalue weighted by Crippen LogP contribution is -2.48. The third-order valence-corrected chi connectivity index (χ3v) is 7.74. The van der Waals surface area contributed by atoms with Gasteiger partial charge in [-0.25, -0.2) is 4.98 Å². The lowest BCUT2D eigenvalue weighted by atomic mass is 9.89. The molecule has 5 nitrogen and oxygen atoms in total. The first-order chi connectivity index (χ1) is 19.5. The van der Waals surface area contributed by atoms with Crippen LogP contribution in [0.3, 0.4) is 0 Å². The standard InChI is InChI=1S/C34H31N3O2S/c1-23(2)29(35-32(38)28(24-15-7-3-8-16-24)25-17-9-4-10-18-25)33(39)37-34-36-30(26-19-11-5-12-20-26)31(40-34)27-21-13-6-14-22-27/h3-23,28-29H,1-2H3,(H,35,38)(H,36,37,39)/t29-/m1/s1. The molecule has 0 radical (unpaired) electrons. The van der Waals surface area contributed by atoms with Gasteiger partial charge in [-0.2, -0.15) is 0 Å². The van der Waals surface area contributed by atoms with Crippen molar-refractivity contribution in [3.63, 3.8) is 0 Å². The Kier molecular flexibility index (Phi) is 8.47. The highest BCUT2D eigenvalue weighted by atomic mass is 32.1. The summed E-state index contributed by atoms with van der Waals surface area (Å²) < 4.78 is 0. The molecule has 0 aliphatic carbocycles. The van der Waals surface area contributed by atoms with Gasteiger partial charge in [-0.15, -0.1) is 0 Å². The van der Waals surface area contributed by atoms with Gasteiger partial charge in [-0.3, -0.25) is 9.59 Å². The summed E-state index contributed by atoms with van der Waals surface area (Å²) in [7, 11) is 0. The maximum atomic E-state index is 13.7. The van der Waals surface area contributed by atoms with Gasteiger partial charge in [-0.1, -0.05) is 147 Å². The minimum atomic E-state index is -0.744. The lowest BCUT2D eigenvalue weighted by molar-refractivity contribution is -0.127. The Morgan fingerprint density at radius 2 is 1.12 bits per heavy atom. The van der Waals surface area contributed by atoms with Gasteiger partial charge in [0.15, 0.2) is 5.13 Å². The molecule has 5 rings (SSSR count). The zero-order chi connectivity index (χ0) is 27.9. The minimum Gasteiger partial charge on any atom is -0.343 e. The van der Waals surface area contributed by atoms with E-state index in [4.69, 9.17) is 4.98 Å². The van der Waals surface area contributed by atoms with Crippen molar-refractivity contribution in [2.24, 2.45) is 5.92 Å². The van der Waals surface area contributed by atoms with Gasteiger partial charge in [0.2, 0.25) is 11.8 Å². The van der Waals surface area contributed by atoms with Crippen LogP contribution in [-0.2, 0) is 9.59 Å². The first-order valence-electron chi connectivity index (χ1n) is 13.3. The second kappa shape index (κ2) is 12.5. The molecule has 40 heavy (non-hydrogen) atoms. The van der Waals surface area contributed by atoms with Crippen LogP contribution in [0.5, 0.6) is 0 Å². The Balaban J connectivity index is 1.41. The molecular formula is C34H31N3O2S. The van der Waals surface area contributed by atoms with Gasteiger partial charge in [-0.05, 0) is 22.6 Å². The lowest BCUT2D eigenvalue weighted by Gasteiger charge is -2.25. The van der Waals surface area contributed by atoms with Crippen LogP contribution in [0.1, 0.15) is 30.9 Å². The Bertz CT molecular complexity index is 1460. The summed E-state index contributed by atoms with van der Waals surface area (Å²) in [5.74, 6) is -1.19. The van der Waals surface area contributed by atoms with Crippen LogP contribution in [0.4, 0.5) is 5.13 Å². The summed E-state index contributed by atoms with van der Waals surface area (Å²) in [4.78, 5) is 33.2. The third-order valence-electron chi connectivity index (χ3n) is 6.72. The Morgan fingerprint density at radius 3 is 1.62 bits per heavy atom. The van der Waals surface area contributed by atoms with Gasteiger partial charge in [0.1, 0.15) is 6.04 Å². The molecule has 1 heterocycles. The summed E-state index contributed by atoms with van der Waals surface area (Å²) in [6.07, 6.45) is 0. The number of anilines is 1. The van der Waals surface area contributed by atoms with Crippen molar-refractivity contribution < 1.29 is 9.59 Å². The number of carbonyl (C=O) groups excluding carboxylic acids is 2. The van der Waals surface area contributed by atoms with Crippen molar-refractivity contribution in [1.29, 1.82) is 0 Å². The number of rotatable bonds is 9. The van der Waals surface area contributed by atoms with Crippen LogP contribution >= 0.6 is 11.3 Å². The third kappa shape index (κ3) is 6.19. The monoisotopic (exact) mass is 545 g/mol. The van der Waals surface area contributed by atoms with Crippen LogP contribution in [-0.4, -0.2) is 22.8 Å². The normalized spacial score (nSPS) is 11.8. The minimum absolute atomic E-state index is 0.140. The zero-order valence-electron chi connectivity index (χ0n) is 22.5. The van der Waals surface area contributed by atoms with Crippen molar-refractivity contribution in [3.05, 3.63) is 132 Å². The quantitative estimate of drug-likeness (QED) is 0.203. The summed E-state index contributed by atoms with van der Waals surface area (Å²) in [5.41, 5.74) is 4.55. The molecular weight excluding hydrogens is 514 g/mol. The largest absolute Gasteiger partial charge is 0.343 e. The van der Waals surface area contributed by atoms with Crippen molar-refractivity contribution in [2.45, 2.75) is 25.8 Å². The van der Waals surface area contributed by atoms with Crippen molar-refractivity contribution in [1.82, 2.24) is 10.3 Å². The highest BCUT2D eigenvalue weighted by Crippen LogP contribution is 2.39. The van der Waals surface area contributed by atoms with Gasteiger partial charge in [0, 0.05) is 5.56 Å². The molecule has 2 amide bonds. The number of hydrogen-bond acceptors (Lipinski definition) is 4. The van der Waals surface area contributed by atoms with Crippen molar-refractivity contribution in [2.75, 3.05) is 5.32 Å². The number of aromatic nitrogens is 1. The molecule has 0 spiro atoms. The molecule has 0 saturated carbocycles. The van der Waals surface area contributed by atoms with Crippen molar-refractivity contribution in [3.8, 4) is 21.7 Å². The van der Waals surface area contributed by atoms with Gasteiger partial charge in [0.05, 0.1) is 16.5 Å². The van der Waals surface area contributed by atoms with E-state index in [-0.39, 0.29) is 17.7 Å². The summed E-state index contributed by atoms with van der Waals surface area (Å²) in [6, 6.07) is 38.5. The average Bonchev–Trinajstić information content (AvgIpc) is 3.41. The van der Waals surface area contributed by atoms with E-state index in [2.05, 4.69) is 10.6 Å². The van der Waals surface area contributed by atoms with E-state index in [9.17, 15) is 9.59 Å². The van der Waals surface area contributed by atoms with Gasteiger partial charge >= 0.3 is 0 Å². The predicted octanol–water partition coefficient (Wildman–Crippen LogP) is 7.39. The average molecular weight is 546 g/mol. The van der Waals surface area contributed by atoms with Crippen LogP contribution in [0.2, 0.25) is 0 Å². The number of amides is 2. The highest BCUT2D eigenvalue weighted by Gasteiger charge is 2.30. The summed E-state index contributed by atoms with van der Waals surface area (Å²) >= 11 is 1.43. The molecule has 0 saturated heterocycles. The van der Waals surface area contributed by atoms with E-state index in [1.807, 2.05) is 135 Å². The van der Waals surface area contributed by atoms with E-state index in [0.29, 0.717) is 5.13 Å². The molecule has 1 aromatic heterocycles. The maximum Gasteiger partial charge on any atom is 0.248 e. The Hall–Kier alpha value is -4.55. The van der Waals surface area contributed by atoms with E-state index >= 15 is 0 Å².